The van der Waals surface area contributed by atoms with Gasteiger partial charge in [-0.1, -0.05) is 24.8 Å². The standard InChI is InChI=1S/C19H22N4O3S3/c1-5-12-11(3)29-17(15(12)18(25)26-4)20-14(24)10-28-19-22-21-16(23(19)6-2)13-8-7-9-27-13/h7-9H,5-6,10H2,1-4H3,(H,20,24). The first kappa shape index (κ1) is 21.5. The summed E-state index contributed by atoms with van der Waals surface area (Å²) in [4.78, 5) is 26.8. The molecule has 0 atom stereocenters. The van der Waals surface area contributed by atoms with Gasteiger partial charge in [0.2, 0.25) is 5.91 Å². The Morgan fingerprint density at radius 1 is 1.31 bits per heavy atom. The summed E-state index contributed by atoms with van der Waals surface area (Å²) in [5, 5.41) is 14.6. The van der Waals surface area contributed by atoms with Gasteiger partial charge < -0.3 is 14.6 Å². The van der Waals surface area contributed by atoms with E-state index in [1.54, 1.807) is 11.3 Å². The number of thiophene rings is 2. The summed E-state index contributed by atoms with van der Waals surface area (Å²) in [5.74, 6) is 0.342. The predicted octanol–water partition coefficient (Wildman–Crippen LogP) is 4.48. The van der Waals surface area contributed by atoms with Crippen LogP contribution in [0.5, 0.6) is 0 Å². The van der Waals surface area contributed by atoms with Gasteiger partial charge in [-0.25, -0.2) is 4.79 Å². The third-order valence-corrected chi connectivity index (χ3v) is 7.21. The molecule has 7 nitrogen and oxygen atoms in total. The minimum Gasteiger partial charge on any atom is -0.465 e. The van der Waals surface area contributed by atoms with Gasteiger partial charge in [0, 0.05) is 11.4 Å². The van der Waals surface area contributed by atoms with Gasteiger partial charge in [-0.15, -0.1) is 32.9 Å². The van der Waals surface area contributed by atoms with Crippen LogP contribution in [0, 0.1) is 6.92 Å². The van der Waals surface area contributed by atoms with Crippen LogP contribution in [0.4, 0.5) is 5.00 Å². The number of carbonyl (C=O) groups is 2. The topological polar surface area (TPSA) is 86.1 Å². The van der Waals surface area contributed by atoms with Crippen molar-refractivity contribution in [3.05, 3.63) is 33.5 Å². The first-order chi connectivity index (χ1) is 14.0. The Bertz CT molecular complexity index is 1010. The maximum Gasteiger partial charge on any atom is 0.341 e. The van der Waals surface area contributed by atoms with Crippen molar-refractivity contribution in [2.75, 3.05) is 18.2 Å². The number of nitrogens with zero attached hydrogens (tertiary/aromatic N) is 3. The minimum atomic E-state index is -0.430. The number of aromatic nitrogens is 3. The minimum absolute atomic E-state index is 0.168. The van der Waals surface area contributed by atoms with E-state index in [1.807, 2.05) is 42.9 Å². The first-order valence-electron chi connectivity index (χ1n) is 9.10. The molecule has 3 heterocycles. The lowest BCUT2D eigenvalue weighted by atomic mass is 10.1. The van der Waals surface area contributed by atoms with Crippen LogP contribution in [0.25, 0.3) is 10.7 Å². The van der Waals surface area contributed by atoms with Gasteiger partial charge in [-0.05, 0) is 37.3 Å². The molecular weight excluding hydrogens is 428 g/mol. The second-order valence-electron chi connectivity index (χ2n) is 6.05. The molecule has 154 valence electrons. The average molecular weight is 451 g/mol. The highest BCUT2D eigenvalue weighted by Gasteiger charge is 2.23. The van der Waals surface area contributed by atoms with Crippen molar-refractivity contribution >= 4 is 51.3 Å². The molecule has 3 rings (SSSR count). The van der Waals surface area contributed by atoms with Crippen LogP contribution in [0.1, 0.15) is 34.6 Å². The number of amides is 1. The first-order valence-corrected chi connectivity index (χ1v) is 11.8. The van der Waals surface area contributed by atoms with E-state index in [1.165, 1.54) is 30.2 Å². The summed E-state index contributed by atoms with van der Waals surface area (Å²) in [5.41, 5.74) is 1.36. The van der Waals surface area contributed by atoms with Crippen LogP contribution in [0.2, 0.25) is 0 Å². The lowest BCUT2D eigenvalue weighted by Gasteiger charge is -2.08. The summed E-state index contributed by atoms with van der Waals surface area (Å²) in [7, 11) is 1.35. The molecule has 3 aromatic heterocycles. The van der Waals surface area contributed by atoms with Gasteiger partial charge >= 0.3 is 5.97 Å². The van der Waals surface area contributed by atoms with E-state index < -0.39 is 5.97 Å². The molecule has 10 heteroatoms. The van der Waals surface area contributed by atoms with Crippen LogP contribution in [-0.4, -0.2) is 39.5 Å². The number of ether oxygens (including phenoxy) is 1. The van der Waals surface area contributed by atoms with Crippen molar-refractivity contribution in [2.45, 2.75) is 38.9 Å². The molecule has 1 amide bonds. The van der Waals surface area contributed by atoms with E-state index in [-0.39, 0.29) is 11.7 Å². The number of hydrogen-bond acceptors (Lipinski definition) is 8. The smallest absolute Gasteiger partial charge is 0.341 e. The molecule has 0 saturated heterocycles. The Balaban J connectivity index is 1.72. The number of anilines is 1. The van der Waals surface area contributed by atoms with Crippen LogP contribution in [0.3, 0.4) is 0 Å². The summed E-state index contributed by atoms with van der Waals surface area (Å²) >= 11 is 4.32. The van der Waals surface area contributed by atoms with Gasteiger partial charge in [0.15, 0.2) is 11.0 Å². The van der Waals surface area contributed by atoms with Crippen LogP contribution in [0.15, 0.2) is 22.7 Å². The molecule has 3 aromatic rings. The van der Waals surface area contributed by atoms with Gasteiger partial charge in [0.1, 0.15) is 5.00 Å². The zero-order valence-electron chi connectivity index (χ0n) is 16.6. The number of hydrogen-bond donors (Lipinski definition) is 1. The molecule has 0 radical (unpaired) electrons. The maximum atomic E-state index is 12.6. The lowest BCUT2D eigenvalue weighted by molar-refractivity contribution is -0.113. The number of rotatable bonds is 8. The van der Waals surface area contributed by atoms with Crippen molar-refractivity contribution in [1.29, 1.82) is 0 Å². The predicted molar refractivity (Wildman–Crippen MR) is 118 cm³/mol. The number of esters is 1. The number of thioether (sulfide) groups is 1. The van der Waals surface area contributed by atoms with Crippen LogP contribution in [-0.2, 0) is 22.5 Å². The summed E-state index contributed by atoms with van der Waals surface area (Å²) < 4.78 is 6.90. The molecule has 0 aliphatic rings. The maximum absolute atomic E-state index is 12.6. The highest BCUT2D eigenvalue weighted by atomic mass is 32.2. The fourth-order valence-electron chi connectivity index (χ4n) is 2.97. The molecule has 29 heavy (non-hydrogen) atoms. The summed E-state index contributed by atoms with van der Waals surface area (Å²) in [6.45, 7) is 6.65. The molecule has 0 aliphatic carbocycles. The van der Waals surface area contributed by atoms with Crippen molar-refractivity contribution < 1.29 is 14.3 Å². The third-order valence-electron chi connectivity index (χ3n) is 4.31. The largest absolute Gasteiger partial charge is 0.465 e. The number of methoxy groups -OCH3 is 1. The van der Waals surface area contributed by atoms with Crippen molar-refractivity contribution in [1.82, 2.24) is 14.8 Å². The van der Waals surface area contributed by atoms with E-state index in [2.05, 4.69) is 15.5 Å². The fourth-order valence-corrected chi connectivity index (χ4v) is 5.64. The summed E-state index contributed by atoms with van der Waals surface area (Å²) in [6.07, 6.45) is 0.697. The Hall–Kier alpha value is -2.17. The molecule has 0 fully saturated rings. The van der Waals surface area contributed by atoms with Crippen molar-refractivity contribution in [3.8, 4) is 10.7 Å². The third kappa shape index (κ3) is 4.54. The molecule has 0 bridgehead atoms. The van der Waals surface area contributed by atoms with E-state index in [9.17, 15) is 9.59 Å². The van der Waals surface area contributed by atoms with Gasteiger partial charge in [-0.2, -0.15) is 0 Å². The number of aryl methyl sites for hydroxylation is 1. The average Bonchev–Trinajstić information content (AvgIpc) is 3.43. The number of nitrogens with one attached hydrogen (secondary N) is 1. The Morgan fingerprint density at radius 3 is 2.72 bits per heavy atom. The van der Waals surface area contributed by atoms with E-state index in [0.29, 0.717) is 28.7 Å². The summed E-state index contributed by atoms with van der Waals surface area (Å²) in [6, 6.07) is 3.97. The van der Waals surface area contributed by atoms with Crippen molar-refractivity contribution in [3.63, 3.8) is 0 Å². The van der Waals surface area contributed by atoms with Gasteiger partial charge in [0.25, 0.3) is 0 Å². The quantitative estimate of drug-likeness (QED) is 0.402. The monoisotopic (exact) mass is 450 g/mol. The SMILES string of the molecule is CCc1c(C)sc(NC(=O)CSc2nnc(-c3cccs3)n2CC)c1C(=O)OC. The second-order valence-corrected chi connectivity index (χ2v) is 9.17. The van der Waals surface area contributed by atoms with E-state index >= 15 is 0 Å². The molecule has 0 saturated carbocycles. The molecule has 1 N–H and O–H groups in total. The van der Waals surface area contributed by atoms with Gasteiger partial charge in [0.05, 0.1) is 23.3 Å². The highest BCUT2D eigenvalue weighted by molar-refractivity contribution is 7.99. The fraction of sp³-hybridized carbons (Fsp3) is 0.368. The molecule has 0 spiro atoms. The molecule has 0 aromatic carbocycles. The Morgan fingerprint density at radius 2 is 2.10 bits per heavy atom. The van der Waals surface area contributed by atoms with Crippen LogP contribution < -0.4 is 5.32 Å². The number of carbonyl (C=O) groups excluding carboxylic acids is 2. The Labute approximate surface area is 181 Å². The molecular formula is C19H22N4O3S3. The normalized spacial score (nSPS) is 10.9. The van der Waals surface area contributed by atoms with Crippen molar-refractivity contribution in [2.24, 2.45) is 0 Å². The van der Waals surface area contributed by atoms with E-state index in [0.717, 1.165) is 21.1 Å². The zero-order valence-corrected chi connectivity index (χ0v) is 19.1. The van der Waals surface area contributed by atoms with Gasteiger partial charge in [-0.3, -0.25) is 4.79 Å². The highest BCUT2D eigenvalue weighted by Crippen LogP contribution is 2.34. The lowest BCUT2D eigenvalue weighted by Crippen LogP contribution is -2.16. The van der Waals surface area contributed by atoms with E-state index in [4.69, 9.17) is 4.74 Å². The van der Waals surface area contributed by atoms with Crippen LogP contribution >= 0.6 is 34.4 Å². The Kier molecular flexibility index (Phi) is 7.09. The second kappa shape index (κ2) is 9.55. The zero-order chi connectivity index (χ0) is 21.0. The molecule has 0 unspecified atom stereocenters. The molecule has 0 aliphatic heterocycles.